The van der Waals surface area contributed by atoms with Crippen molar-refractivity contribution in [3.05, 3.63) is 0 Å². The molecule has 19 heteroatoms. The van der Waals surface area contributed by atoms with Gasteiger partial charge in [0, 0.05) is 25.7 Å². The summed E-state index contributed by atoms with van der Waals surface area (Å²) >= 11 is 0. The fourth-order valence-electron chi connectivity index (χ4n) is 13.3. The lowest BCUT2D eigenvalue weighted by atomic mass is 10.0. The van der Waals surface area contributed by atoms with Crippen LogP contribution in [0.5, 0.6) is 0 Å². The molecule has 0 heterocycles. The molecule has 0 aliphatic carbocycles. The van der Waals surface area contributed by atoms with E-state index in [1.54, 1.807) is 0 Å². The number of esters is 4. The molecule has 618 valence electrons. The minimum absolute atomic E-state index is 0.109. The molecule has 0 saturated carbocycles. The van der Waals surface area contributed by atoms with Crippen LogP contribution < -0.4 is 0 Å². The molecular formula is C85H166O17P2. The summed E-state index contributed by atoms with van der Waals surface area (Å²) in [6.45, 7) is 7.38. The third-order valence-corrected chi connectivity index (χ3v) is 21.9. The van der Waals surface area contributed by atoms with E-state index in [1.165, 1.54) is 283 Å². The van der Waals surface area contributed by atoms with E-state index >= 15 is 0 Å². The Morgan fingerprint density at radius 1 is 0.260 bits per heavy atom. The summed E-state index contributed by atoms with van der Waals surface area (Å²) in [6.07, 6.45) is 70.8. The molecule has 0 radical (unpaired) electrons. The number of unbranched alkanes of at least 4 members (excludes halogenated alkanes) is 57. The normalized spacial score (nSPS) is 13.8. The van der Waals surface area contributed by atoms with Gasteiger partial charge in [0.2, 0.25) is 0 Å². The molecule has 0 spiro atoms. The molecular weight excluding hydrogens is 1350 g/mol. The van der Waals surface area contributed by atoms with Gasteiger partial charge >= 0.3 is 39.5 Å². The molecule has 0 amide bonds. The van der Waals surface area contributed by atoms with Crippen LogP contribution in [0.25, 0.3) is 0 Å². The van der Waals surface area contributed by atoms with Gasteiger partial charge in [0.05, 0.1) is 26.4 Å². The van der Waals surface area contributed by atoms with Gasteiger partial charge in [-0.1, -0.05) is 407 Å². The van der Waals surface area contributed by atoms with E-state index in [0.29, 0.717) is 25.7 Å². The lowest BCUT2D eigenvalue weighted by molar-refractivity contribution is -0.161. The predicted molar refractivity (Wildman–Crippen MR) is 428 cm³/mol. The Bertz CT molecular complexity index is 1980. The molecule has 5 atom stereocenters. The molecule has 2 unspecified atom stereocenters. The molecule has 104 heavy (non-hydrogen) atoms. The Balaban J connectivity index is 5.22. The Morgan fingerprint density at radius 2 is 0.442 bits per heavy atom. The van der Waals surface area contributed by atoms with E-state index in [4.69, 9.17) is 37.0 Å². The summed E-state index contributed by atoms with van der Waals surface area (Å²) in [7, 11) is -9.92. The summed E-state index contributed by atoms with van der Waals surface area (Å²) in [6, 6.07) is 0. The van der Waals surface area contributed by atoms with Crippen LogP contribution in [0.2, 0.25) is 0 Å². The summed E-state index contributed by atoms with van der Waals surface area (Å²) in [4.78, 5) is 73.2. The third-order valence-electron chi connectivity index (χ3n) is 20.0. The van der Waals surface area contributed by atoms with E-state index < -0.39 is 97.5 Å². The van der Waals surface area contributed by atoms with Gasteiger partial charge in [-0.3, -0.25) is 37.3 Å². The molecule has 0 aromatic heterocycles. The minimum atomic E-state index is -4.96. The van der Waals surface area contributed by atoms with Crippen molar-refractivity contribution >= 4 is 39.5 Å². The quantitative estimate of drug-likeness (QED) is 0.0222. The predicted octanol–water partition coefficient (Wildman–Crippen LogP) is 26.0. The standard InChI is InChI=1S/C85H166O17P2/c1-6-9-12-15-18-21-24-26-28-30-31-32-33-34-36-42-46-51-56-61-66-71-85(90)102-81(75-96-83(88)69-64-59-54-49-44-40-38-37-39-43-47-52-57-62-67-78(4)5)77-100-104(93,94)98-73-79(86)72-97-103(91,92)99-76-80(74-95-82(87)68-63-58-53-48-23-20-17-14-11-8-3)101-84(89)70-65-60-55-50-45-41-35-29-27-25-22-19-16-13-10-7-2/h78-81,86H,6-77H2,1-5H3,(H,91,92)(H,93,94)/t79-,80+,81+/m0/s1. The number of hydrogen-bond acceptors (Lipinski definition) is 15. The highest BCUT2D eigenvalue weighted by Gasteiger charge is 2.30. The average Bonchev–Trinajstić information content (AvgIpc) is 0.904. The number of carbonyl (C=O) groups excluding carboxylic acids is 4. The second kappa shape index (κ2) is 77.8. The third kappa shape index (κ3) is 78.2. The fraction of sp³-hybridized carbons (Fsp3) is 0.953. The van der Waals surface area contributed by atoms with Crippen LogP contribution in [-0.2, 0) is 65.4 Å². The largest absolute Gasteiger partial charge is 0.472 e. The number of rotatable bonds is 85. The summed E-state index contributed by atoms with van der Waals surface area (Å²) < 4.78 is 68.9. The molecule has 0 aromatic carbocycles. The monoisotopic (exact) mass is 1520 g/mol. The van der Waals surface area contributed by atoms with Crippen molar-refractivity contribution < 1.29 is 80.2 Å². The van der Waals surface area contributed by atoms with Crippen LogP contribution in [0.1, 0.15) is 458 Å². The van der Waals surface area contributed by atoms with Gasteiger partial charge in [-0.2, -0.15) is 0 Å². The van der Waals surface area contributed by atoms with Crippen molar-refractivity contribution in [1.82, 2.24) is 0 Å². The van der Waals surface area contributed by atoms with Gasteiger partial charge in [0.15, 0.2) is 12.2 Å². The van der Waals surface area contributed by atoms with Crippen molar-refractivity contribution in [3.63, 3.8) is 0 Å². The van der Waals surface area contributed by atoms with E-state index in [2.05, 4.69) is 34.6 Å². The molecule has 0 aliphatic heterocycles. The smallest absolute Gasteiger partial charge is 0.462 e. The molecule has 0 aromatic rings. The van der Waals surface area contributed by atoms with Gasteiger partial charge < -0.3 is 33.8 Å². The van der Waals surface area contributed by atoms with Crippen LogP contribution in [0.15, 0.2) is 0 Å². The second-order valence-corrected chi connectivity index (χ2v) is 34.0. The first-order valence-electron chi connectivity index (χ1n) is 44.1. The lowest BCUT2D eigenvalue weighted by Gasteiger charge is -2.21. The summed E-state index contributed by atoms with van der Waals surface area (Å²) in [5.41, 5.74) is 0. The fourth-order valence-corrected chi connectivity index (χ4v) is 14.9. The van der Waals surface area contributed by atoms with Crippen LogP contribution in [0.3, 0.4) is 0 Å². The number of hydrogen-bond donors (Lipinski definition) is 3. The minimum Gasteiger partial charge on any atom is -0.462 e. The van der Waals surface area contributed by atoms with Gasteiger partial charge in [-0.15, -0.1) is 0 Å². The maximum Gasteiger partial charge on any atom is 0.472 e. The molecule has 0 bridgehead atoms. The zero-order valence-electron chi connectivity index (χ0n) is 68.2. The number of phosphoric acid groups is 2. The van der Waals surface area contributed by atoms with E-state index in [0.717, 1.165) is 95.8 Å². The van der Waals surface area contributed by atoms with Gasteiger partial charge in [0.1, 0.15) is 19.3 Å². The second-order valence-electron chi connectivity index (χ2n) is 31.1. The van der Waals surface area contributed by atoms with Crippen molar-refractivity contribution in [2.45, 2.75) is 477 Å². The molecule has 3 N–H and O–H groups in total. The zero-order valence-corrected chi connectivity index (χ0v) is 70.0. The number of aliphatic hydroxyl groups is 1. The maximum absolute atomic E-state index is 13.1. The zero-order chi connectivity index (χ0) is 76.2. The van der Waals surface area contributed by atoms with Crippen LogP contribution in [-0.4, -0.2) is 96.7 Å². The molecule has 0 saturated heterocycles. The van der Waals surface area contributed by atoms with Gasteiger partial charge in [0.25, 0.3) is 0 Å². The molecule has 0 rings (SSSR count). The Labute approximate surface area is 638 Å². The Kier molecular flexibility index (Phi) is 76.3. The van der Waals surface area contributed by atoms with Gasteiger partial charge in [-0.05, 0) is 31.6 Å². The molecule has 0 aliphatic rings. The van der Waals surface area contributed by atoms with Crippen molar-refractivity contribution in [2.75, 3.05) is 39.6 Å². The number of phosphoric ester groups is 2. The van der Waals surface area contributed by atoms with E-state index in [9.17, 15) is 43.2 Å². The SMILES string of the molecule is CCCCCCCCCCCCCCCCCCCCCCCC(=O)O[C@H](COC(=O)CCCCCCCCCCCCCCCCC(C)C)COP(=O)(O)OC[C@@H](O)COP(=O)(O)OC[C@@H](COC(=O)CCCCCCCCCCCC)OC(=O)CCCCCCCCCCCCCCCCCC. The summed E-state index contributed by atoms with van der Waals surface area (Å²) in [5.74, 6) is -1.30. The first-order valence-corrected chi connectivity index (χ1v) is 47.1. The number of ether oxygens (including phenoxy) is 4. The number of aliphatic hydroxyl groups excluding tert-OH is 1. The summed E-state index contributed by atoms with van der Waals surface area (Å²) in [5, 5.41) is 10.7. The first kappa shape index (κ1) is 102. The van der Waals surface area contributed by atoms with Crippen molar-refractivity contribution in [3.8, 4) is 0 Å². The Morgan fingerprint density at radius 3 is 0.654 bits per heavy atom. The van der Waals surface area contributed by atoms with Crippen LogP contribution in [0.4, 0.5) is 0 Å². The van der Waals surface area contributed by atoms with Crippen molar-refractivity contribution in [1.29, 1.82) is 0 Å². The van der Waals surface area contributed by atoms with E-state index in [1.807, 2.05) is 0 Å². The Hall–Kier alpha value is -1.94. The van der Waals surface area contributed by atoms with Crippen molar-refractivity contribution in [2.24, 2.45) is 5.92 Å². The molecule has 0 fully saturated rings. The topological polar surface area (TPSA) is 237 Å². The highest BCUT2D eigenvalue weighted by atomic mass is 31.2. The highest BCUT2D eigenvalue weighted by molar-refractivity contribution is 7.47. The van der Waals surface area contributed by atoms with Crippen LogP contribution >= 0.6 is 15.6 Å². The average molecular weight is 1520 g/mol. The lowest BCUT2D eigenvalue weighted by Crippen LogP contribution is -2.30. The first-order chi connectivity index (χ1) is 50.5. The van der Waals surface area contributed by atoms with E-state index in [-0.39, 0.29) is 25.7 Å². The maximum atomic E-state index is 13.1. The highest BCUT2D eigenvalue weighted by Crippen LogP contribution is 2.45. The van der Waals surface area contributed by atoms with Gasteiger partial charge in [-0.25, -0.2) is 9.13 Å². The number of carbonyl (C=O) groups is 4. The molecule has 17 nitrogen and oxygen atoms in total. The van der Waals surface area contributed by atoms with Crippen LogP contribution in [0, 0.1) is 5.92 Å².